The number of rotatable bonds is 4. The standard InChI is InChI=1S/C12H12O2.C4H6/c1-10(12(13)14)6-5-9-11-7-3-2-4-8-11;1-3-4-2/h2-9H,1H3,(H,13,14);3-4H,1-2H2. The van der Waals surface area contributed by atoms with Gasteiger partial charge in [-0.05, 0) is 12.5 Å². The van der Waals surface area contributed by atoms with Crippen LogP contribution in [-0.2, 0) is 4.79 Å². The SMILES string of the molecule is C=CC=C.CC(=CC=Cc1ccccc1)C(=O)O. The Morgan fingerprint density at radius 3 is 2.17 bits per heavy atom. The van der Waals surface area contributed by atoms with E-state index in [1.807, 2.05) is 36.4 Å². The second-order valence-electron chi connectivity index (χ2n) is 3.40. The Morgan fingerprint density at radius 1 is 1.17 bits per heavy atom. The molecule has 0 saturated carbocycles. The van der Waals surface area contributed by atoms with Gasteiger partial charge < -0.3 is 5.11 Å². The zero-order valence-electron chi connectivity index (χ0n) is 10.5. The van der Waals surface area contributed by atoms with Gasteiger partial charge in [0.2, 0.25) is 0 Å². The number of carboxylic acid groups (broad SMARTS) is 1. The normalized spacial score (nSPS) is 10.4. The fourth-order valence-electron chi connectivity index (χ4n) is 0.939. The maximum absolute atomic E-state index is 10.4. The predicted molar refractivity (Wildman–Crippen MR) is 77.3 cm³/mol. The number of allylic oxidation sites excluding steroid dienone is 4. The van der Waals surface area contributed by atoms with Crippen molar-refractivity contribution >= 4 is 12.0 Å². The summed E-state index contributed by atoms with van der Waals surface area (Å²) in [5, 5.41) is 8.58. The zero-order valence-corrected chi connectivity index (χ0v) is 10.5. The molecule has 0 atom stereocenters. The maximum Gasteiger partial charge on any atom is 0.331 e. The van der Waals surface area contributed by atoms with E-state index in [9.17, 15) is 4.79 Å². The molecule has 0 amide bonds. The van der Waals surface area contributed by atoms with Crippen LogP contribution in [0.15, 0.2) is 73.4 Å². The van der Waals surface area contributed by atoms with E-state index in [4.69, 9.17) is 5.11 Å². The Balaban J connectivity index is 0.000000631. The molecule has 0 bridgehead atoms. The van der Waals surface area contributed by atoms with Crippen LogP contribution in [0.25, 0.3) is 6.08 Å². The molecule has 0 aliphatic rings. The van der Waals surface area contributed by atoms with Crippen LogP contribution in [0.3, 0.4) is 0 Å². The lowest BCUT2D eigenvalue weighted by Gasteiger charge is -1.90. The highest BCUT2D eigenvalue weighted by Gasteiger charge is 1.95. The van der Waals surface area contributed by atoms with E-state index >= 15 is 0 Å². The van der Waals surface area contributed by atoms with Crippen molar-refractivity contribution in [3.05, 3.63) is 78.9 Å². The van der Waals surface area contributed by atoms with E-state index < -0.39 is 5.97 Å². The van der Waals surface area contributed by atoms with Gasteiger partial charge in [0.1, 0.15) is 0 Å². The molecule has 0 radical (unpaired) electrons. The largest absolute Gasteiger partial charge is 0.478 e. The van der Waals surface area contributed by atoms with E-state index in [0.29, 0.717) is 5.57 Å². The third-order valence-corrected chi connectivity index (χ3v) is 1.94. The average Bonchev–Trinajstić information content (AvgIpc) is 2.40. The van der Waals surface area contributed by atoms with E-state index in [-0.39, 0.29) is 0 Å². The monoisotopic (exact) mass is 242 g/mol. The molecule has 0 aliphatic heterocycles. The third kappa shape index (κ3) is 7.88. The minimum absolute atomic E-state index is 0.331. The van der Waals surface area contributed by atoms with E-state index in [1.165, 1.54) is 0 Å². The van der Waals surface area contributed by atoms with Crippen LogP contribution in [-0.4, -0.2) is 11.1 Å². The molecule has 0 heterocycles. The topological polar surface area (TPSA) is 37.3 Å². The average molecular weight is 242 g/mol. The van der Waals surface area contributed by atoms with Crippen LogP contribution in [0.2, 0.25) is 0 Å². The number of carboxylic acids is 1. The summed E-state index contributed by atoms with van der Waals surface area (Å²) in [6.45, 7) is 8.29. The van der Waals surface area contributed by atoms with Crippen LogP contribution >= 0.6 is 0 Å². The zero-order chi connectivity index (χ0) is 13.8. The first-order valence-electron chi connectivity index (χ1n) is 5.48. The van der Waals surface area contributed by atoms with Gasteiger partial charge in [0.25, 0.3) is 0 Å². The van der Waals surface area contributed by atoms with Gasteiger partial charge in [0, 0.05) is 5.57 Å². The van der Waals surface area contributed by atoms with Gasteiger partial charge in [-0.2, -0.15) is 0 Å². The van der Waals surface area contributed by atoms with Crippen molar-refractivity contribution in [3.63, 3.8) is 0 Å². The van der Waals surface area contributed by atoms with Gasteiger partial charge in [-0.25, -0.2) is 4.79 Å². The minimum Gasteiger partial charge on any atom is -0.478 e. The van der Waals surface area contributed by atoms with Crippen molar-refractivity contribution in [3.8, 4) is 0 Å². The molecule has 0 fully saturated rings. The molecule has 94 valence electrons. The summed E-state index contributed by atoms with van der Waals surface area (Å²) in [5.74, 6) is -0.886. The molecule has 2 nitrogen and oxygen atoms in total. The summed E-state index contributed by atoms with van der Waals surface area (Å²) in [6, 6.07) is 9.73. The summed E-state index contributed by atoms with van der Waals surface area (Å²) < 4.78 is 0. The summed E-state index contributed by atoms with van der Waals surface area (Å²) >= 11 is 0. The highest BCUT2D eigenvalue weighted by Crippen LogP contribution is 2.02. The van der Waals surface area contributed by atoms with Crippen LogP contribution in [0.1, 0.15) is 12.5 Å². The van der Waals surface area contributed by atoms with Crippen LogP contribution in [0.4, 0.5) is 0 Å². The van der Waals surface area contributed by atoms with Gasteiger partial charge in [-0.1, -0.05) is 73.9 Å². The van der Waals surface area contributed by atoms with Crippen molar-refractivity contribution in [2.75, 3.05) is 0 Å². The predicted octanol–water partition coefficient (Wildman–Crippen LogP) is 4.09. The lowest BCUT2D eigenvalue weighted by atomic mass is 10.2. The number of hydrogen-bond donors (Lipinski definition) is 1. The summed E-state index contributed by atoms with van der Waals surface area (Å²) in [5.41, 5.74) is 1.39. The first kappa shape index (κ1) is 15.7. The van der Waals surface area contributed by atoms with Crippen LogP contribution < -0.4 is 0 Å². The van der Waals surface area contributed by atoms with E-state index in [2.05, 4.69) is 13.2 Å². The number of hydrogen-bond acceptors (Lipinski definition) is 1. The van der Waals surface area contributed by atoms with Gasteiger partial charge in [-0.15, -0.1) is 0 Å². The smallest absolute Gasteiger partial charge is 0.331 e. The lowest BCUT2D eigenvalue weighted by Crippen LogP contribution is -1.94. The highest BCUT2D eigenvalue weighted by molar-refractivity contribution is 5.86. The third-order valence-electron chi connectivity index (χ3n) is 1.94. The fraction of sp³-hybridized carbons (Fsp3) is 0.0625. The van der Waals surface area contributed by atoms with Gasteiger partial charge in [0.15, 0.2) is 0 Å². The highest BCUT2D eigenvalue weighted by atomic mass is 16.4. The summed E-state index contributed by atoms with van der Waals surface area (Å²) in [6.07, 6.45) is 8.46. The maximum atomic E-state index is 10.4. The van der Waals surface area contributed by atoms with Gasteiger partial charge >= 0.3 is 5.97 Å². The van der Waals surface area contributed by atoms with Crippen molar-refractivity contribution in [1.82, 2.24) is 0 Å². The molecule has 1 rings (SSSR count). The fourth-order valence-corrected chi connectivity index (χ4v) is 0.939. The Bertz CT molecular complexity index is 433. The molecule has 0 aromatic heterocycles. The van der Waals surface area contributed by atoms with Crippen LogP contribution in [0, 0.1) is 0 Å². The molecular formula is C16H18O2. The molecule has 1 aromatic carbocycles. The van der Waals surface area contributed by atoms with Crippen molar-refractivity contribution in [2.45, 2.75) is 6.92 Å². The quantitative estimate of drug-likeness (QED) is 0.637. The molecule has 1 N–H and O–H groups in total. The Morgan fingerprint density at radius 2 is 1.72 bits per heavy atom. The molecule has 1 aromatic rings. The first-order chi connectivity index (χ1) is 8.61. The second-order valence-corrected chi connectivity index (χ2v) is 3.40. The van der Waals surface area contributed by atoms with Crippen molar-refractivity contribution < 1.29 is 9.90 Å². The Kier molecular flexibility index (Phi) is 8.56. The summed E-state index contributed by atoms with van der Waals surface area (Å²) in [7, 11) is 0. The van der Waals surface area contributed by atoms with Gasteiger partial charge in [-0.3, -0.25) is 0 Å². The molecule has 0 unspecified atom stereocenters. The van der Waals surface area contributed by atoms with Crippen molar-refractivity contribution in [1.29, 1.82) is 0 Å². The molecule has 0 spiro atoms. The molecule has 18 heavy (non-hydrogen) atoms. The number of carbonyl (C=O) groups is 1. The van der Waals surface area contributed by atoms with Gasteiger partial charge in [0.05, 0.1) is 0 Å². The number of aliphatic carboxylic acids is 1. The van der Waals surface area contributed by atoms with Crippen LogP contribution in [0.5, 0.6) is 0 Å². The second kappa shape index (κ2) is 9.85. The molecule has 0 aliphatic carbocycles. The molecular weight excluding hydrogens is 224 g/mol. The minimum atomic E-state index is -0.886. The lowest BCUT2D eigenvalue weighted by molar-refractivity contribution is -0.132. The van der Waals surface area contributed by atoms with E-state index in [1.54, 1.807) is 31.2 Å². The molecule has 0 saturated heterocycles. The first-order valence-corrected chi connectivity index (χ1v) is 5.48. The van der Waals surface area contributed by atoms with E-state index in [0.717, 1.165) is 5.56 Å². The Hall–Kier alpha value is -2.35. The number of benzene rings is 1. The summed E-state index contributed by atoms with van der Waals surface area (Å²) in [4.78, 5) is 10.4. The van der Waals surface area contributed by atoms with Crippen molar-refractivity contribution in [2.24, 2.45) is 0 Å². The molecule has 2 heteroatoms. The Labute approximate surface area is 108 Å².